The van der Waals surface area contributed by atoms with E-state index < -0.39 is 0 Å². The maximum Gasteiger partial charge on any atom is 0.306 e. The van der Waals surface area contributed by atoms with E-state index in [2.05, 4.69) is 6.92 Å². The summed E-state index contributed by atoms with van der Waals surface area (Å²) in [6.45, 7) is 2.74. The van der Waals surface area contributed by atoms with E-state index in [4.69, 9.17) is 4.74 Å². The first-order chi connectivity index (χ1) is 15.6. The molecule has 0 fully saturated rings. The predicted octanol–water partition coefficient (Wildman–Crippen LogP) is 7.84. The van der Waals surface area contributed by atoms with E-state index >= 15 is 0 Å². The van der Waals surface area contributed by atoms with Gasteiger partial charge in [0.2, 0.25) is 5.91 Å². The molecule has 182 valence electrons. The molecule has 0 saturated heterocycles. The third-order valence-electron chi connectivity index (χ3n) is 6.07. The molecule has 1 rings (SSSR count). The summed E-state index contributed by atoms with van der Waals surface area (Å²) in [4.78, 5) is 25.6. The molecular formula is C28H47NO3. The molecule has 0 radical (unpaired) electrons. The van der Waals surface area contributed by atoms with Crippen molar-refractivity contribution in [1.29, 1.82) is 0 Å². The Balaban J connectivity index is 1.86. The van der Waals surface area contributed by atoms with Crippen molar-refractivity contribution in [3.63, 3.8) is 0 Å². The van der Waals surface area contributed by atoms with Crippen LogP contribution in [0.4, 0.5) is 5.69 Å². The zero-order chi connectivity index (χ0) is 23.3. The third-order valence-corrected chi connectivity index (χ3v) is 6.07. The van der Waals surface area contributed by atoms with Gasteiger partial charge in [-0.15, -0.1) is 0 Å². The first kappa shape index (κ1) is 28.2. The maximum absolute atomic E-state index is 12.2. The number of amides is 1. The number of carbonyl (C=O) groups is 2. The van der Waals surface area contributed by atoms with Gasteiger partial charge in [-0.05, 0) is 18.6 Å². The van der Waals surface area contributed by atoms with Gasteiger partial charge >= 0.3 is 5.97 Å². The molecule has 1 amide bonds. The summed E-state index contributed by atoms with van der Waals surface area (Å²) in [5.74, 6) is -0.342. The highest BCUT2D eigenvalue weighted by Crippen LogP contribution is 2.14. The normalized spacial score (nSPS) is 10.8. The Morgan fingerprint density at radius 3 is 1.66 bits per heavy atom. The van der Waals surface area contributed by atoms with Gasteiger partial charge in [0, 0.05) is 19.2 Å². The van der Waals surface area contributed by atoms with Crippen LogP contribution in [0.25, 0.3) is 0 Å². The van der Waals surface area contributed by atoms with Gasteiger partial charge in [-0.2, -0.15) is 0 Å². The number of nitrogens with zero attached hydrogens (tertiary/aromatic N) is 1. The summed E-state index contributed by atoms with van der Waals surface area (Å²) < 4.78 is 5.28. The Hall–Kier alpha value is -1.84. The SMILES string of the molecule is CCCCCCCCCCCCCCCCCOC(=O)CCC(=O)N(C)c1ccccc1. The van der Waals surface area contributed by atoms with E-state index in [0.717, 1.165) is 18.5 Å². The molecule has 0 spiro atoms. The standard InChI is InChI=1S/C28H47NO3/c1-3-4-5-6-7-8-9-10-11-12-13-14-15-16-20-25-32-28(31)24-23-27(30)29(2)26-21-18-17-19-22-26/h17-19,21-22H,3-16,20,23-25H2,1-2H3. The molecule has 0 aromatic heterocycles. The molecule has 0 bridgehead atoms. The second kappa shape index (κ2) is 19.8. The zero-order valence-corrected chi connectivity index (χ0v) is 20.8. The number of hydrogen-bond donors (Lipinski definition) is 0. The van der Waals surface area contributed by atoms with E-state index in [1.54, 1.807) is 11.9 Å². The number of rotatable bonds is 20. The van der Waals surface area contributed by atoms with Crippen LogP contribution in [0.2, 0.25) is 0 Å². The lowest BCUT2D eigenvalue weighted by Gasteiger charge is -2.16. The van der Waals surface area contributed by atoms with Gasteiger partial charge in [0.25, 0.3) is 0 Å². The summed E-state index contributed by atoms with van der Waals surface area (Å²) in [6.07, 6.45) is 20.1. The average molecular weight is 446 g/mol. The maximum atomic E-state index is 12.2. The Kier molecular flexibility index (Phi) is 17.5. The molecular weight excluding hydrogens is 398 g/mol. The number of benzene rings is 1. The Morgan fingerprint density at radius 1 is 0.688 bits per heavy atom. The molecule has 0 heterocycles. The van der Waals surface area contributed by atoms with Gasteiger partial charge in [-0.25, -0.2) is 0 Å². The lowest BCUT2D eigenvalue weighted by Crippen LogP contribution is -2.26. The van der Waals surface area contributed by atoms with Gasteiger partial charge in [0.1, 0.15) is 0 Å². The van der Waals surface area contributed by atoms with Crippen molar-refractivity contribution in [2.24, 2.45) is 0 Å². The van der Waals surface area contributed by atoms with Crippen LogP contribution in [-0.4, -0.2) is 25.5 Å². The van der Waals surface area contributed by atoms with E-state index in [0.29, 0.717) is 6.61 Å². The fourth-order valence-corrected chi connectivity index (χ4v) is 3.90. The molecule has 0 aliphatic heterocycles. The van der Waals surface area contributed by atoms with Gasteiger partial charge in [-0.3, -0.25) is 9.59 Å². The number of anilines is 1. The highest BCUT2D eigenvalue weighted by atomic mass is 16.5. The van der Waals surface area contributed by atoms with Crippen molar-refractivity contribution in [2.75, 3.05) is 18.6 Å². The quantitative estimate of drug-likeness (QED) is 0.152. The van der Waals surface area contributed by atoms with Crippen molar-refractivity contribution in [3.05, 3.63) is 30.3 Å². The minimum absolute atomic E-state index is 0.0693. The molecule has 0 atom stereocenters. The van der Waals surface area contributed by atoms with Crippen LogP contribution in [0.1, 0.15) is 116 Å². The van der Waals surface area contributed by atoms with Crippen LogP contribution in [0.5, 0.6) is 0 Å². The van der Waals surface area contributed by atoms with Crippen LogP contribution in [-0.2, 0) is 14.3 Å². The summed E-state index contributed by atoms with van der Waals surface area (Å²) in [5, 5.41) is 0. The summed E-state index contributed by atoms with van der Waals surface area (Å²) in [5.41, 5.74) is 0.837. The second-order valence-corrected chi connectivity index (χ2v) is 8.96. The molecule has 0 N–H and O–H groups in total. The fraction of sp³-hybridized carbons (Fsp3) is 0.714. The minimum atomic E-state index is -0.273. The van der Waals surface area contributed by atoms with Gasteiger partial charge in [-0.1, -0.05) is 115 Å². The van der Waals surface area contributed by atoms with Crippen LogP contribution < -0.4 is 4.90 Å². The van der Waals surface area contributed by atoms with E-state index in [-0.39, 0.29) is 24.7 Å². The number of unbranched alkanes of at least 4 members (excludes halogenated alkanes) is 14. The van der Waals surface area contributed by atoms with Crippen molar-refractivity contribution < 1.29 is 14.3 Å². The Labute approximate surface area is 197 Å². The molecule has 1 aromatic rings. The van der Waals surface area contributed by atoms with Crippen molar-refractivity contribution >= 4 is 17.6 Å². The third kappa shape index (κ3) is 15.0. The van der Waals surface area contributed by atoms with Crippen molar-refractivity contribution in [1.82, 2.24) is 0 Å². The van der Waals surface area contributed by atoms with Gasteiger partial charge in [0.15, 0.2) is 0 Å². The summed E-state index contributed by atoms with van der Waals surface area (Å²) >= 11 is 0. The van der Waals surface area contributed by atoms with Crippen LogP contribution in [0.15, 0.2) is 30.3 Å². The highest BCUT2D eigenvalue weighted by Gasteiger charge is 2.13. The summed E-state index contributed by atoms with van der Waals surface area (Å²) in [6, 6.07) is 9.46. The molecule has 4 nitrogen and oxygen atoms in total. The average Bonchev–Trinajstić information content (AvgIpc) is 2.82. The van der Waals surface area contributed by atoms with Crippen LogP contribution in [0, 0.1) is 0 Å². The van der Waals surface area contributed by atoms with Crippen LogP contribution >= 0.6 is 0 Å². The number of para-hydroxylation sites is 1. The number of ether oxygens (including phenoxy) is 1. The fourth-order valence-electron chi connectivity index (χ4n) is 3.90. The number of carbonyl (C=O) groups excluding carboxylic acids is 2. The monoisotopic (exact) mass is 445 g/mol. The van der Waals surface area contributed by atoms with E-state index in [9.17, 15) is 9.59 Å². The Bertz CT molecular complexity index is 588. The smallest absolute Gasteiger partial charge is 0.306 e. The van der Waals surface area contributed by atoms with E-state index in [1.165, 1.54) is 83.5 Å². The topological polar surface area (TPSA) is 46.6 Å². The van der Waals surface area contributed by atoms with Gasteiger partial charge in [0.05, 0.1) is 13.0 Å². The molecule has 0 unspecified atom stereocenters. The van der Waals surface area contributed by atoms with E-state index in [1.807, 2.05) is 30.3 Å². The first-order valence-electron chi connectivity index (χ1n) is 13.1. The highest BCUT2D eigenvalue weighted by molar-refractivity contribution is 5.94. The largest absolute Gasteiger partial charge is 0.466 e. The van der Waals surface area contributed by atoms with Gasteiger partial charge < -0.3 is 9.64 Å². The lowest BCUT2D eigenvalue weighted by atomic mass is 10.0. The Morgan fingerprint density at radius 2 is 1.16 bits per heavy atom. The molecule has 0 aliphatic carbocycles. The number of esters is 1. The summed E-state index contributed by atoms with van der Waals surface area (Å²) in [7, 11) is 1.73. The van der Waals surface area contributed by atoms with Crippen molar-refractivity contribution in [3.8, 4) is 0 Å². The second-order valence-electron chi connectivity index (χ2n) is 8.96. The first-order valence-corrected chi connectivity index (χ1v) is 13.1. The van der Waals surface area contributed by atoms with Crippen LogP contribution in [0.3, 0.4) is 0 Å². The molecule has 1 aromatic carbocycles. The molecule has 0 aliphatic rings. The minimum Gasteiger partial charge on any atom is -0.466 e. The number of hydrogen-bond acceptors (Lipinski definition) is 3. The molecule has 0 saturated carbocycles. The predicted molar refractivity (Wildman–Crippen MR) is 135 cm³/mol. The zero-order valence-electron chi connectivity index (χ0n) is 20.8. The molecule has 32 heavy (non-hydrogen) atoms. The van der Waals surface area contributed by atoms with Crippen molar-refractivity contribution in [2.45, 2.75) is 116 Å². The molecule has 4 heteroatoms. The lowest BCUT2D eigenvalue weighted by molar-refractivity contribution is -0.144.